The minimum atomic E-state index is -0.196. The number of thiophene rings is 1. The number of nitrogens with zero attached hydrogens (tertiary/aromatic N) is 3. The molecule has 1 fully saturated rings. The van der Waals surface area contributed by atoms with Crippen LogP contribution in [0.4, 0.5) is 0 Å². The molecular weight excluding hydrogens is 416 g/mol. The summed E-state index contributed by atoms with van der Waals surface area (Å²) in [5, 5.41) is 0.493. The van der Waals surface area contributed by atoms with Gasteiger partial charge < -0.3 is 14.5 Å². The van der Waals surface area contributed by atoms with E-state index >= 15 is 0 Å². The molecule has 30 heavy (non-hydrogen) atoms. The van der Waals surface area contributed by atoms with Crippen molar-refractivity contribution < 1.29 is 4.79 Å². The molecule has 4 rings (SSSR count). The molecule has 1 aliphatic rings. The molecule has 0 bridgehead atoms. The number of aromatic amines is 1. The predicted octanol–water partition coefficient (Wildman–Crippen LogP) is 4.32. The van der Waals surface area contributed by atoms with Gasteiger partial charge in [0.2, 0.25) is 5.91 Å². The van der Waals surface area contributed by atoms with Crippen LogP contribution in [0, 0.1) is 13.8 Å². The largest absolute Gasteiger partial charge is 0.353 e. The number of aromatic nitrogens is 3. The molecule has 6 nitrogen and oxygen atoms in total. The van der Waals surface area contributed by atoms with E-state index in [0.29, 0.717) is 17.0 Å². The van der Waals surface area contributed by atoms with Crippen molar-refractivity contribution in [2.75, 3.05) is 6.54 Å². The molecule has 1 aliphatic heterocycles. The van der Waals surface area contributed by atoms with Gasteiger partial charge in [0.05, 0.1) is 22.4 Å². The summed E-state index contributed by atoms with van der Waals surface area (Å²) in [5.74, 6) is 1.31. The summed E-state index contributed by atoms with van der Waals surface area (Å²) in [4.78, 5) is 37.3. The number of nitrogens with one attached hydrogen (secondary N) is 1. The Labute approximate surface area is 184 Å². The average Bonchev–Trinajstić information content (AvgIpc) is 3.28. The van der Waals surface area contributed by atoms with E-state index in [2.05, 4.69) is 20.6 Å². The molecule has 0 saturated carbocycles. The van der Waals surface area contributed by atoms with Gasteiger partial charge in [0.15, 0.2) is 0 Å². The Morgan fingerprint density at radius 1 is 1.40 bits per heavy atom. The number of carbonyl (C=O) groups excluding carboxylic acids is 1. The van der Waals surface area contributed by atoms with Crippen molar-refractivity contribution in [1.29, 1.82) is 0 Å². The Balaban J connectivity index is 1.47. The Bertz CT molecular complexity index is 1130. The number of aryl methyl sites for hydroxylation is 3. The van der Waals surface area contributed by atoms with E-state index in [1.165, 1.54) is 17.5 Å². The maximum absolute atomic E-state index is 13.3. The second-order valence-electron chi connectivity index (χ2n) is 8.02. The Morgan fingerprint density at radius 3 is 2.93 bits per heavy atom. The van der Waals surface area contributed by atoms with Crippen LogP contribution in [0.15, 0.2) is 23.1 Å². The van der Waals surface area contributed by atoms with Crippen molar-refractivity contribution >= 4 is 39.2 Å². The average molecular weight is 445 g/mol. The lowest BCUT2D eigenvalue weighted by Crippen LogP contribution is -2.42. The molecule has 0 spiro atoms. The third kappa shape index (κ3) is 3.95. The summed E-state index contributed by atoms with van der Waals surface area (Å²) < 4.78 is 2.11. The van der Waals surface area contributed by atoms with E-state index in [4.69, 9.17) is 0 Å². The molecule has 4 heterocycles. The minimum Gasteiger partial charge on any atom is -0.353 e. The maximum atomic E-state index is 13.3. The van der Waals surface area contributed by atoms with Crippen LogP contribution >= 0.6 is 23.1 Å². The van der Waals surface area contributed by atoms with E-state index < -0.39 is 0 Å². The zero-order valence-electron chi connectivity index (χ0n) is 17.9. The molecule has 2 atom stereocenters. The van der Waals surface area contributed by atoms with Crippen molar-refractivity contribution in [3.05, 3.63) is 50.6 Å². The number of thioether (sulfide) groups is 1. The highest BCUT2D eigenvalue weighted by atomic mass is 32.2. The van der Waals surface area contributed by atoms with Gasteiger partial charge in [0.25, 0.3) is 5.56 Å². The lowest BCUT2D eigenvalue weighted by atomic mass is 9.99. The first-order valence-corrected chi connectivity index (χ1v) is 12.3. The highest BCUT2D eigenvalue weighted by Gasteiger charge is 2.32. The third-order valence-corrected chi connectivity index (χ3v) is 8.26. The predicted molar refractivity (Wildman–Crippen MR) is 124 cm³/mol. The van der Waals surface area contributed by atoms with Crippen LogP contribution in [0.5, 0.6) is 0 Å². The van der Waals surface area contributed by atoms with Gasteiger partial charge >= 0.3 is 0 Å². The highest BCUT2D eigenvalue weighted by Crippen LogP contribution is 2.33. The molecular formula is C22H28N4O2S2. The van der Waals surface area contributed by atoms with Gasteiger partial charge in [-0.25, -0.2) is 4.98 Å². The van der Waals surface area contributed by atoms with E-state index in [0.717, 1.165) is 41.1 Å². The van der Waals surface area contributed by atoms with Crippen molar-refractivity contribution in [3.8, 4) is 0 Å². The smallest absolute Gasteiger partial charge is 0.259 e. The maximum Gasteiger partial charge on any atom is 0.259 e. The van der Waals surface area contributed by atoms with Crippen molar-refractivity contribution in [1.82, 2.24) is 19.4 Å². The van der Waals surface area contributed by atoms with Crippen LogP contribution in [0.2, 0.25) is 0 Å². The van der Waals surface area contributed by atoms with Crippen LogP contribution in [-0.2, 0) is 17.6 Å². The molecule has 0 aromatic carbocycles. The summed E-state index contributed by atoms with van der Waals surface area (Å²) in [5.41, 5.74) is 2.11. The Kier molecular flexibility index (Phi) is 6.06. The normalized spacial score (nSPS) is 18.1. The molecule has 1 amide bonds. The number of hydrogen-bond donors (Lipinski definition) is 1. The molecule has 1 saturated heterocycles. The second kappa shape index (κ2) is 8.59. The standard InChI is InChI=1S/C22H28N4O2S2/c1-13-14(2)30-21-19(13)20(27)23-18(24-21)12-29-15(3)22(28)26-11-6-5-8-17(26)16-9-7-10-25(16)4/h7,9-10,15,17H,5-6,8,11-12H2,1-4H3,(H,23,24,27)/t15-,17+/m0/s1. The summed E-state index contributed by atoms with van der Waals surface area (Å²) >= 11 is 3.09. The molecule has 0 aliphatic carbocycles. The van der Waals surface area contributed by atoms with E-state index in [9.17, 15) is 9.59 Å². The Morgan fingerprint density at radius 2 is 2.20 bits per heavy atom. The Hall–Kier alpha value is -2.06. The van der Waals surface area contributed by atoms with Crippen molar-refractivity contribution in [2.45, 2.75) is 57.1 Å². The fourth-order valence-corrected chi connectivity index (χ4v) is 6.07. The lowest BCUT2D eigenvalue weighted by Gasteiger charge is -2.37. The molecule has 3 aromatic rings. The number of rotatable bonds is 5. The number of H-pyrrole nitrogens is 1. The van der Waals surface area contributed by atoms with Crippen LogP contribution in [0.25, 0.3) is 10.2 Å². The van der Waals surface area contributed by atoms with Gasteiger partial charge in [-0.3, -0.25) is 9.59 Å². The minimum absolute atomic E-state index is 0.0868. The summed E-state index contributed by atoms with van der Waals surface area (Å²) in [6, 6.07) is 4.29. The highest BCUT2D eigenvalue weighted by molar-refractivity contribution is 7.99. The monoisotopic (exact) mass is 444 g/mol. The van der Waals surface area contributed by atoms with Gasteiger partial charge in [-0.15, -0.1) is 23.1 Å². The first kappa shape index (κ1) is 21.2. The van der Waals surface area contributed by atoms with Gasteiger partial charge in [-0.05, 0) is 57.7 Å². The summed E-state index contributed by atoms with van der Waals surface area (Å²) in [6.45, 7) is 6.73. The third-order valence-electron chi connectivity index (χ3n) is 6.02. The molecule has 0 radical (unpaired) electrons. The molecule has 1 N–H and O–H groups in total. The van der Waals surface area contributed by atoms with Gasteiger partial charge in [0, 0.05) is 30.4 Å². The first-order valence-electron chi connectivity index (χ1n) is 10.4. The number of piperidine rings is 1. The number of hydrogen-bond acceptors (Lipinski definition) is 5. The van der Waals surface area contributed by atoms with Crippen LogP contribution in [0.1, 0.15) is 54.2 Å². The summed E-state index contributed by atoms with van der Waals surface area (Å²) in [7, 11) is 2.04. The van der Waals surface area contributed by atoms with E-state index in [-0.39, 0.29) is 22.8 Å². The fourth-order valence-electron chi connectivity index (χ4n) is 4.20. The van der Waals surface area contributed by atoms with Crippen LogP contribution < -0.4 is 5.56 Å². The quantitative estimate of drug-likeness (QED) is 0.636. The number of carbonyl (C=O) groups is 1. The SMILES string of the molecule is Cc1sc2nc(CS[C@@H](C)C(=O)N3CCCC[C@@H]3c3cccn3C)[nH]c(=O)c2c1C. The number of fused-ring (bicyclic) bond motifs is 1. The van der Waals surface area contributed by atoms with E-state index in [1.807, 2.05) is 45.0 Å². The molecule has 3 aromatic heterocycles. The van der Waals surface area contributed by atoms with Crippen LogP contribution in [-0.4, -0.2) is 37.1 Å². The molecule has 0 unspecified atom stereocenters. The van der Waals surface area contributed by atoms with Gasteiger partial charge in [0.1, 0.15) is 10.7 Å². The first-order chi connectivity index (χ1) is 14.4. The molecule has 8 heteroatoms. The topological polar surface area (TPSA) is 71.0 Å². The van der Waals surface area contributed by atoms with Crippen molar-refractivity contribution in [2.24, 2.45) is 7.05 Å². The van der Waals surface area contributed by atoms with Crippen LogP contribution in [0.3, 0.4) is 0 Å². The fraction of sp³-hybridized carbons (Fsp3) is 0.500. The zero-order chi connectivity index (χ0) is 21.4. The van der Waals surface area contributed by atoms with Crippen molar-refractivity contribution in [3.63, 3.8) is 0 Å². The molecule has 160 valence electrons. The zero-order valence-corrected chi connectivity index (χ0v) is 19.5. The lowest BCUT2D eigenvalue weighted by molar-refractivity contribution is -0.134. The van der Waals surface area contributed by atoms with Gasteiger partial charge in [-0.2, -0.15) is 0 Å². The van der Waals surface area contributed by atoms with E-state index in [1.54, 1.807) is 11.3 Å². The second-order valence-corrected chi connectivity index (χ2v) is 10.5. The number of amides is 1. The van der Waals surface area contributed by atoms with Gasteiger partial charge in [-0.1, -0.05) is 0 Å². The number of likely N-dealkylation sites (tertiary alicyclic amines) is 1. The summed E-state index contributed by atoms with van der Waals surface area (Å²) in [6.07, 6.45) is 5.24.